The average molecular weight is 557 g/mol. The first-order valence-electron chi connectivity index (χ1n) is 12.7. The van der Waals surface area contributed by atoms with Crippen LogP contribution in [0.2, 0.25) is 0 Å². The Hall–Kier alpha value is -3.28. The smallest absolute Gasteiger partial charge is 0.406 e. The lowest BCUT2D eigenvalue weighted by atomic mass is 10.1. The number of benzene rings is 2. The molecule has 0 bridgehead atoms. The summed E-state index contributed by atoms with van der Waals surface area (Å²) in [5, 5.41) is 0. The summed E-state index contributed by atoms with van der Waals surface area (Å²) in [5.74, 6) is 0.0546. The van der Waals surface area contributed by atoms with E-state index in [0.29, 0.717) is 36.4 Å². The molecule has 0 spiro atoms. The maximum Gasteiger partial charge on any atom is 0.406 e. The number of nitrogens with zero attached hydrogens (tertiary/aromatic N) is 4. The molecular weight excluding hydrogens is 526 g/mol. The summed E-state index contributed by atoms with van der Waals surface area (Å²) in [6, 6.07) is 11.9. The molecule has 0 saturated carbocycles. The molecule has 1 atom stereocenters. The highest BCUT2D eigenvalue weighted by Gasteiger charge is 2.40. The molecule has 6 nitrogen and oxygen atoms in total. The molecule has 212 valence electrons. The van der Waals surface area contributed by atoms with Crippen molar-refractivity contribution in [2.24, 2.45) is 0 Å². The predicted molar refractivity (Wildman–Crippen MR) is 134 cm³/mol. The van der Waals surface area contributed by atoms with Crippen molar-refractivity contribution in [1.82, 2.24) is 19.4 Å². The van der Waals surface area contributed by atoms with Gasteiger partial charge in [0.15, 0.2) is 0 Å². The Kier molecular flexibility index (Phi) is 8.43. The Morgan fingerprint density at radius 1 is 1.05 bits per heavy atom. The molecule has 12 heteroatoms. The molecular formula is C27H30F6N4O2. The highest BCUT2D eigenvalue weighted by atomic mass is 19.4. The molecule has 0 aliphatic carbocycles. The molecule has 39 heavy (non-hydrogen) atoms. The van der Waals surface area contributed by atoms with E-state index in [1.54, 1.807) is 6.07 Å². The van der Waals surface area contributed by atoms with Crippen LogP contribution in [-0.4, -0.2) is 76.9 Å². The van der Waals surface area contributed by atoms with Crippen molar-refractivity contribution in [1.29, 1.82) is 0 Å². The van der Waals surface area contributed by atoms with Gasteiger partial charge < -0.3 is 19.1 Å². The van der Waals surface area contributed by atoms with Gasteiger partial charge in [-0.2, -0.15) is 26.3 Å². The van der Waals surface area contributed by atoms with Crippen molar-refractivity contribution >= 4 is 16.9 Å². The number of aromatic nitrogens is 2. The Balaban J connectivity index is 1.69. The van der Waals surface area contributed by atoms with Crippen LogP contribution in [0.3, 0.4) is 0 Å². The number of ether oxygens (including phenoxy) is 1. The van der Waals surface area contributed by atoms with E-state index in [9.17, 15) is 31.1 Å². The second-order valence-corrected chi connectivity index (χ2v) is 9.76. The number of alkyl halides is 6. The topological polar surface area (TPSA) is 50.6 Å². The van der Waals surface area contributed by atoms with E-state index >= 15 is 0 Å². The number of amides is 1. The van der Waals surface area contributed by atoms with Crippen molar-refractivity contribution in [3.8, 4) is 5.75 Å². The molecule has 0 radical (unpaired) electrons. The lowest BCUT2D eigenvalue weighted by molar-refractivity contribution is -0.171. The molecule has 3 aromatic rings. The minimum atomic E-state index is -4.98. The number of imidazole rings is 1. The van der Waals surface area contributed by atoms with Crippen LogP contribution in [0.15, 0.2) is 42.5 Å². The van der Waals surface area contributed by atoms with Crippen LogP contribution in [0.4, 0.5) is 26.3 Å². The zero-order chi connectivity index (χ0) is 28.4. The van der Waals surface area contributed by atoms with Crippen LogP contribution in [-0.2, 0) is 13.0 Å². The Labute approximate surface area is 222 Å². The number of carbonyl (C=O) groups is 1. The van der Waals surface area contributed by atoms with Crippen LogP contribution in [0, 0.1) is 0 Å². The first-order valence-corrected chi connectivity index (χ1v) is 12.7. The maximum absolute atomic E-state index is 13.0. The van der Waals surface area contributed by atoms with Gasteiger partial charge in [-0.1, -0.05) is 12.1 Å². The van der Waals surface area contributed by atoms with E-state index in [0.717, 1.165) is 30.7 Å². The second kappa shape index (κ2) is 11.4. The number of hydrogen-bond acceptors (Lipinski definition) is 4. The normalized spacial score (nSPS) is 16.7. The number of likely N-dealkylation sites (tertiary alicyclic amines) is 1. The zero-order valence-corrected chi connectivity index (χ0v) is 21.6. The lowest BCUT2D eigenvalue weighted by Gasteiger charge is -2.25. The molecule has 4 rings (SSSR count). The van der Waals surface area contributed by atoms with E-state index in [2.05, 4.69) is 9.88 Å². The van der Waals surface area contributed by atoms with E-state index in [1.165, 1.54) is 12.1 Å². The van der Waals surface area contributed by atoms with Gasteiger partial charge >= 0.3 is 12.4 Å². The van der Waals surface area contributed by atoms with Crippen LogP contribution >= 0.6 is 0 Å². The first kappa shape index (κ1) is 28.7. The summed E-state index contributed by atoms with van der Waals surface area (Å²) < 4.78 is 85.4. The molecule has 1 aliphatic heterocycles. The summed E-state index contributed by atoms with van der Waals surface area (Å²) in [4.78, 5) is 19.5. The molecule has 1 saturated heterocycles. The highest BCUT2D eigenvalue weighted by molar-refractivity contribution is 5.97. The number of likely N-dealkylation sites (N-methyl/N-ethyl adjacent to an activating group) is 1. The van der Waals surface area contributed by atoms with E-state index in [-0.39, 0.29) is 16.5 Å². The molecule has 1 aromatic heterocycles. The van der Waals surface area contributed by atoms with Gasteiger partial charge in [-0.3, -0.25) is 4.79 Å². The highest BCUT2D eigenvalue weighted by Crippen LogP contribution is 2.27. The van der Waals surface area contributed by atoms with Gasteiger partial charge in [-0.25, -0.2) is 4.98 Å². The lowest BCUT2D eigenvalue weighted by Crippen LogP contribution is -2.44. The average Bonchev–Trinajstić information content (AvgIpc) is 3.40. The molecule has 1 aliphatic rings. The number of carbonyl (C=O) groups excluding carboxylic acids is 1. The SMILES string of the molecule is CCOc1ccc(Cc2nc3cc(C(=O)N(CC(F)(F)F)CC(F)(F)F)ccc3n2C[C@H]2CCCN2C)cc1. The summed E-state index contributed by atoms with van der Waals surface area (Å²) in [6.07, 6.45) is -7.49. The van der Waals surface area contributed by atoms with Crippen molar-refractivity contribution in [2.45, 2.75) is 51.1 Å². The quantitative estimate of drug-likeness (QED) is 0.318. The first-order chi connectivity index (χ1) is 18.3. The fourth-order valence-electron chi connectivity index (χ4n) is 4.94. The Morgan fingerprint density at radius 2 is 1.72 bits per heavy atom. The molecule has 1 amide bonds. The molecule has 0 N–H and O–H groups in total. The summed E-state index contributed by atoms with van der Waals surface area (Å²) >= 11 is 0. The standard InChI is InChI=1S/C27H30F6N4O2/c1-3-39-21-9-6-18(7-10-21)13-24-34-22-14-19(25(38)36(16-26(28,29)30)17-27(31,32)33)8-11-23(22)37(24)15-20-5-4-12-35(20)2/h6-11,14,20H,3-5,12-13,15-17H2,1-2H3/t20-/m1/s1. The number of hydrogen-bond donors (Lipinski definition) is 0. The minimum Gasteiger partial charge on any atom is -0.494 e. The summed E-state index contributed by atoms with van der Waals surface area (Å²) in [6.45, 7) is -0.0156. The third kappa shape index (κ3) is 7.43. The van der Waals surface area contributed by atoms with Gasteiger partial charge in [0.25, 0.3) is 5.91 Å². The van der Waals surface area contributed by atoms with Crippen LogP contribution in [0.25, 0.3) is 11.0 Å². The number of rotatable bonds is 9. The molecule has 0 unspecified atom stereocenters. The third-order valence-electron chi connectivity index (χ3n) is 6.76. The van der Waals surface area contributed by atoms with Gasteiger partial charge in [0.2, 0.25) is 0 Å². The Morgan fingerprint density at radius 3 is 2.28 bits per heavy atom. The summed E-state index contributed by atoms with van der Waals surface area (Å²) in [5.41, 5.74) is 1.66. The van der Waals surface area contributed by atoms with E-state index in [4.69, 9.17) is 4.74 Å². The number of fused-ring (bicyclic) bond motifs is 1. The van der Waals surface area contributed by atoms with Crippen LogP contribution in [0.5, 0.6) is 5.75 Å². The van der Waals surface area contributed by atoms with Crippen molar-refractivity contribution in [3.63, 3.8) is 0 Å². The molecule has 1 fully saturated rings. The Bertz CT molecular complexity index is 1270. The van der Waals surface area contributed by atoms with Gasteiger partial charge in [0, 0.05) is 24.6 Å². The van der Waals surface area contributed by atoms with Gasteiger partial charge in [-0.15, -0.1) is 0 Å². The fraction of sp³-hybridized carbons (Fsp3) is 0.481. The maximum atomic E-state index is 13.0. The summed E-state index contributed by atoms with van der Waals surface area (Å²) in [7, 11) is 2.04. The van der Waals surface area contributed by atoms with E-state index in [1.807, 2.05) is 42.8 Å². The third-order valence-corrected chi connectivity index (χ3v) is 6.76. The number of halogens is 6. The molecule has 2 heterocycles. The van der Waals surface area contributed by atoms with Crippen molar-refractivity contribution < 1.29 is 35.9 Å². The zero-order valence-electron chi connectivity index (χ0n) is 21.6. The van der Waals surface area contributed by atoms with Crippen molar-refractivity contribution in [3.05, 3.63) is 59.4 Å². The van der Waals surface area contributed by atoms with Crippen molar-refractivity contribution in [2.75, 3.05) is 33.3 Å². The second-order valence-electron chi connectivity index (χ2n) is 9.76. The van der Waals surface area contributed by atoms with Gasteiger partial charge in [0.05, 0.1) is 17.6 Å². The van der Waals surface area contributed by atoms with Gasteiger partial charge in [-0.05, 0) is 69.3 Å². The minimum absolute atomic E-state index is 0.230. The fourth-order valence-corrected chi connectivity index (χ4v) is 4.94. The van der Waals surface area contributed by atoms with Crippen LogP contribution < -0.4 is 4.74 Å². The van der Waals surface area contributed by atoms with Crippen LogP contribution in [0.1, 0.15) is 41.5 Å². The van der Waals surface area contributed by atoms with Gasteiger partial charge in [0.1, 0.15) is 24.7 Å². The molecule has 2 aromatic carbocycles. The predicted octanol–water partition coefficient (Wildman–Crippen LogP) is 5.69. The largest absolute Gasteiger partial charge is 0.494 e. The monoisotopic (exact) mass is 556 g/mol. The van der Waals surface area contributed by atoms with E-state index < -0.39 is 31.3 Å².